The van der Waals surface area contributed by atoms with Gasteiger partial charge in [0.25, 0.3) is 0 Å². The van der Waals surface area contributed by atoms with Crippen molar-refractivity contribution < 1.29 is 23.0 Å². The maximum atomic E-state index is 12.1. The average Bonchev–Trinajstić information content (AvgIpc) is 2.37. The minimum atomic E-state index is -4.70. The number of ether oxygens (including phenoxy) is 1. The van der Waals surface area contributed by atoms with E-state index in [-0.39, 0.29) is 11.0 Å². The summed E-state index contributed by atoms with van der Waals surface area (Å²) in [5.74, 6) is 0.416. The van der Waals surface area contributed by atoms with Crippen LogP contribution in [0.3, 0.4) is 0 Å². The molecule has 0 bridgehead atoms. The number of halogens is 3. The molecule has 6 heteroatoms. The normalized spacial score (nSPS) is 24.3. The van der Waals surface area contributed by atoms with Crippen LogP contribution in [0.5, 0.6) is 5.75 Å². The molecule has 0 aliphatic carbocycles. The molecule has 1 aromatic carbocycles. The van der Waals surface area contributed by atoms with Gasteiger partial charge in [-0.05, 0) is 29.7 Å². The maximum Gasteiger partial charge on any atom is 0.573 e. The number of hydrogen-bond donors (Lipinski definition) is 1. The molecular formula is C12H13F3O2S. The van der Waals surface area contributed by atoms with Crippen LogP contribution in [0.2, 0.25) is 0 Å². The fraction of sp³-hybridized carbons (Fsp3) is 0.500. The SMILES string of the molecule is CC1CC(O)c2cc(OC(F)(F)F)ccc2CS1. The quantitative estimate of drug-likeness (QED) is 0.850. The Bertz CT molecular complexity index is 434. The predicted octanol–water partition coefficient (Wildman–Crippen LogP) is 3.64. The van der Waals surface area contributed by atoms with Crippen molar-refractivity contribution in [3.63, 3.8) is 0 Å². The van der Waals surface area contributed by atoms with Crippen molar-refractivity contribution in [2.45, 2.75) is 36.8 Å². The van der Waals surface area contributed by atoms with Crippen molar-refractivity contribution in [1.82, 2.24) is 0 Å². The highest BCUT2D eigenvalue weighted by Gasteiger charge is 2.32. The van der Waals surface area contributed by atoms with Gasteiger partial charge < -0.3 is 9.84 Å². The molecule has 0 saturated carbocycles. The van der Waals surface area contributed by atoms with Crippen molar-refractivity contribution in [2.24, 2.45) is 0 Å². The summed E-state index contributed by atoms with van der Waals surface area (Å²) in [6.07, 6.45) is -4.90. The summed E-state index contributed by atoms with van der Waals surface area (Å²) in [4.78, 5) is 0. The zero-order valence-corrected chi connectivity index (χ0v) is 10.5. The molecule has 2 unspecified atom stereocenters. The minimum Gasteiger partial charge on any atom is -0.406 e. The topological polar surface area (TPSA) is 29.5 Å². The van der Waals surface area contributed by atoms with Crippen LogP contribution < -0.4 is 4.74 Å². The van der Waals surface area contributed by atoms with E-state index in [0.29, 0.717) is 17.7 Å². The van der Waals surface area contributed by atoms with Gasteiger partial charge in [-0.1, -0.05) is 13.0 Å². The highest BCUT2D eigenvalue weighted by atomic mass is 32.2. The van der Waals surface area contributed by atoms with Gasteiger partial charge in [-0.3, -0.25) is 0 Å². The molecule has 0 fully saturated rings. The summed E-state index contributed by atoms with van der Waals surface area (Å²) in [6.45, 7) is 1.99. The van der Waals surface area contributed by atoms with Crippen LogP contribution in [0.1, 0.15) is 30.6 Å². The van der Waals surface area contributed by atoms with Gasteiger partial charge in [-0.2, -0.15) is 11.8 Å². The Kier molecular flexibility index (Phi) is 3.77. The molecular weight excluding hydrogens is 265 g/mol. The summed E-state index contributed by atoms with van der Waals surface area (Å²) in [5.41, 5.74) is 1.40. The summed E-state index contributed by atoms with van der Waals surface area (Å²) < 4.78 is 40.2. The second-order valence-electron chi connectivity index (χ2n) is 4.28. The lowest BCUT2D eigenvalue weighted by atomic mass is 10.00. The van der Waals surface area contributed by atoms with Crippen LogP contribution in [0, 0.1) is 0 Å². The highest BCUT2D eigenvalue weighted by Crippen LogP contribution is 2.37. The number of fused-ring (bicyclic) bond motifs is 1. The summed E-state index contributed by atoms with van der Waals surface area (Å²) >= 11 is 1.68. The average molecular weight is 278 g/mol. The molecule has 0 saturated heterocycles. The molecule has 2 nitrogen and oxygen atoms in total. The Morgan fingerprint density at radius 3 is 2.78 bits per heavy atom. The number of benzene rings is 1. The lowest BCUT2D eigenvalue weighted by molar-refractivity contribution is -0.274. The Hall–Kier alpha value is -0.880. The van der Waals surface area contributed by atoms with Gasteiger partial charge >= 0.3 is 6.36 Å². The van der Waals surface area contributed by atoms with E-state index >= 15 is 0 Å². The Balaban J connectivity index is 2.28. The second-order valence-corrected chi connectivity index (χ2v) is 5.71. The molecule has 1 aromatic rings. The van der Waals surface area contributed by atoms with E-state index in [1.165, 1.54) is 12.1 Å². The first-order valence-corrected chi connectivity index (χ1v) is 6.58. The Labute approximate surface area is 107 Å². The van der Waals surface area contributed by atoms with Crippen molar-refractivity contribution in [3.8, 4) is 5.75 Å². The van der Waals surface area contributed by atoms with Crippen LogP contribution >= 0.6 is 11.8 Å². The molecule has 2 rings (SSSR count). The molecule has 0 spiro atoms. The van der Waals surface area contributed by atoms with Crippen LogP contribution in [-0.2, 0) is 5.75 Å². The zero-order chi connectivity index (χ0) is 13.3. The lowest BCUT2D eigenvalue weighted by Gasteiger charge is -2.15. The van der Waals surface area contributed by atoms with E-state index in [1.54, 1.807) is 17.8 Å². The predicted molar refractivity (Wildman–Crippen MR) is 63.5 cm³/mol. The van der Waals surface area contributed by atoms with E-state index in [0.717, 1.165) is 5.56 Å². The lowest BCUT2D eigenvalue weighted by Crippen LogP contribution is -2.17. The van der Waals surface area contributed by atoms with Gasteiger partial charge in [0, 0.05) is 11.0 Å². The first-order chi connectivity index (χ1) is 8.35. The smallest absolute Gasteiger partial charge is 0.406 e. The van der Waals surface area contributed by atoms with Gasteiger partial charge in [0.1, 0.15) is 5.75 Å². The van der Waals surface area contributed by atoms with Crippen LogP contribution in [0.4, 0.5) is 13.2 Å². The molecule has 1 heterocycles. The molecule has 0 amide bonds. The van der Waals surface area contributed by atoms with E-state index in [1.807, 2.05) is 6.92 Å². The number of thioether (sulfide) groups is 1. The third-order valence-electron chi connectivity index (χ3n) is 2.79. The second kappa shape index (κ2) is 5.01. The molecule has 1 N–H and O–H groups in total. The molecule has 100 valence electrons. The number of rotatable bonds is 1. The first kappa shape index (κ1) is 13.5. The van der Waals surface area contributed by atoms with Crippen LogP contribution in [0.15, 0.2) is 18.2 Å². The number of aliphatic hydroxyl groups is 1. The molecule has 1 aliphatic rings. The van der Waals surface area contributed by atoms with Crippen LogP contribution in [0.25, 0.3) is 0 Å². The molecule has 2 atom stereocenters. The van der Waals surface area contributed by atoms with Gasteiger partial charge in [0.15, 0.2) is 0 Å². The first-order valence-electron chi connectivity index (χ1n) is 5.53. The largest absolute Gasteiger partial charge is 0.573 e. The Morgan fingerprint density at radius 1 is 1.39 bits per heavy atom. The molecule has 1 aliphatic heterocycles. The summed E-state index contributed by atoms with van der Waals surface area (Å²) in [5, 5.41) is 10.3. The van der Waals surface area contributed by atoms with Crippen molar-refractivity contribution >= 4 is 11.8 Å². The van der Waals surface area contributed by atoms with Gasteiger partial charge in [-0.15, -0.1) is 13.2 Å². The molecule has 0 radical (unpaired) electrons. The molecule has 18 heavy (non-hydrogen) atoms. The molecule has 0 aromatic heterocycles. The standard InChI is InChI=1S/C12H13F3O2S/c1-7-4-11(16)10-5-9(17-12(13,14)15)3-2-8(10)6-18-7/h2-3,5,7,11,16H,4,6H2,1H3. The van der Waals surface area contributed by atoms with Crippen molar-refractivity contribution in [3.05, 3.63) is 29.3 Å². The van der Waals surface area contributed by atoms with E-state index in [9.17, 15) is 18.3 Å². The minimum absolute atomic E-state index is 0.277. The maximum absolute atomic E-state index is 12.1. The van der Waals surface area contributed by atoms with E-state index < -0.39 is 12.5 Å². The van der Waals surface area contributed by atoms with Crippen molar-refractivity contribution in [1.29, 1.82) is 0 Å². The van der Waals surface area contributed by atoms with Gasteiger partial charge in [-0.25, -0.2) is 0 Å². The van der Waals surface area contributed by atoms with E-state index in [4.69, 9.17) is 0 Å². The fourth-order valence-corrected chi connectivity index (χ4v) is 3.00. The monoisotopic (exact) mass is 278 g/mol. The van der Waals surface area contributed by atoms with Crippen LogP contribution in [-0.4, -0.2) is 16.7 Å². The highest BCUT2D eigenvalue weighted by molar-refractivity contribution is 7.99. The van der Waals surface area contributed by atoms with Gasteiger partial charge in [0.05, 0.1) is 6.10 Å². The third-order valence-corrected chi connectivity index (χ3v) is 4.03. The number of aliphatic hydroxyl groups excluding tert-OH is 1. The number of hydrogen-bond acceptors (Lipinski definition) is 3. The Morgan fingerprint density at radius 2 is 2.11 bits per heavy atom. The fourth-order valence-electron chi connectivity index (χ4n) is 1.95. The van der Waals surface area contributed by atoms with Gasteiger partial charge in [0.2, 0.25) is 0 Å². The third kappa shape index (κ3) is 3.32. The zero-order valence-electron chi connectivity index (χ0n) is 9.70. The summed E-state index contributed by atoms with van der Waals surface area (Å²) in [6, 6.07) is 4.16. The number of alkyl halides is 3. The van der Waals surface area contributed by atoms with Crippen molar-refractivity contribution in [2.75, 3.05) is 0 Å². The summed E-state index contributed by atoms with van der Waals surface area (Å²) in [7, 11) is 0. The van der Waals surface area contributed by atoms with E-state index in [2.05, 4.69) is 4.74 Å².